The molecule has 1 aromatic carbocycles. The SMILES string of the molecule is CCCCc1coc(C(=O)OC2CN(CCCC)C[N+]2([O-])c2nc3c(CCCC)cccc3s2)c1. The Morgan fingerprint density at radius 3 is 2.74 bits per heavy atom. The van der Waals surface area contributed by atoms with E-state index in [2.05, 4.69) is 31.7 Å². The summed E-state index contributed by atoms with van der Waals surface area (Å²) in [4.78, 5) is 19.9. The molecule has 4 rings (SSSR count). The van der Waals surface area contributed by atoms with Crippen LogP contribution in [0.1, 0.15) is 81.0 Å². The lowest BCUT2D eigenvalue weighted by Gasteiger charge is -2.38. The number of para-hydroxylation sites is 1. The van der Waals surface area contributed by atoms with E-state index in [9.17, 15) is 10.0 Å². The molecule has 7 nitrogen and oxygen atoms in total. The molecule has 2 unspecified atom stereocenters. The highest BCUT2D eigenvalue weighted by molar-refractivity contribution is 7.22. The number of benzene rings is 1. The number of ether oxygens (including phenoxy) is 1. The maximum absolute atomic E-state index is 14.4. The second-order valence-electron chi connectivity index (χ2n) is 9.51. The average Bonchev–Trinajstić information content (AvgIpc) is 3.58. The third kappa shape index (κ3) is 5.77. The summed E-state index contributed by atoms with van der Waals surface area (Å²) in [7, 11) is 0. The number of hydrogen-bond acceptors (Lipinski definition) is 7. The zero-order valence-electron chi connectivity index (χ0n) is 21.1. The fraction of sp³-hybridized carbons (Fsp3) is 0.556. The van der Waals surface area contributed by atoms with Crippen LogP contribution in [0.4, 0.5) is 5.13 Å². The predicted molar refractivity (Wildman–Crippen MR) is 141 cm³/mol. The predicted octanol–water partition coefficient (Wildman–Crippen LogP) is 6.64. The molecule has 0 N–H and O–H groups in total. The molecule has 3 aromatic rings. The summed E-state index contributed by atoms with van der Waals surface area (Å²) in [5.41, 5.74) is 3.05. The molecule has 3 heterocycles. The van der Waals surface area contributed by atoms with Gasteiger partial charge in [0.15, 0.2) is 0 Å². The Kier molecular flexibility index (Phi) is 8.59. The Morgan fingerprint density at radius 2 is 1.97 bits per heavy atom. The molecule has 8 heteroatoms. The molecule has 1 aliphatic heterocycles. The molecule has 2 atom stereocenters. The fourth-order valence-corrected chi connectivity index (χ4v) is 5.63. The third-order valence-electron chi connectivity index (χ3n) is 6.65. The van der Waals surface area contributed by atoms with Crippen molar-refractivity contribution >= 4 is 32.7 Å². The molecule has 1 fully saturated rings. The number of aryl methyl sites for hydroxylation is 2. The highest BCUT2D eigenvalue weighted by Crippen LogP contribution is 2.39. The number of aromatic nitrogens is 1. The van der Waals surface area contributed by atoms with Crippen LogP contribution in [0.2, 0.25) is 0 Å². The van der Waals surface area contributed by atoms with Crippen molar-refractivity contribution in [1.29, 1.82) is 0 Å². The van der Waals surface area contributed by atoms with E-state index in [-0.39, 0.29) is 12.4 Å². The number of hydrogen-bond donors (Lipinski definition) is 0. The van der Waals surface area contributed by atoms with Crippen LogP contribution in [-0.2, 0) is 17.6 Å². The molecule has 0 spiro atoms. The number of nitrogens with zero attached hydrogens (tertiary/aromatic N) is 3. The smallest absolute Gasteiger partial charge is 0.378 e. The van der Waals surface area contributed by atoms with Gasteiger partial charge in [-0.05, 0) is 55.4 Å². The average molecular weight is 500 g/mol. The lowest BCUT2D eigenvalue weighted by atomic mass is 10.1. The van der Waals surface area contributed by atoms with Gasteiger partial charge in [0.25, 0.3) is 11.4 Å². The van der Waals surface area contributed by atoms with E-state index in [1.807, 2.05) is 12.1 Å². The number of quaternary nitrogens is 1. The summed E-state index contributed by atoms with van der Waals surface area (Å²) < 4.78 is 11.6. The zero-order chi connectivity index (χ0) is 24.8. The van der Waals surface area contributed by atoms with Crippen molar-refractivity contribution in [2.45, 2.75) is 78.4 Å². The summed E-state index contributed by atoms with van der Waals surface area (Å²) in [6, 6.07) is 7.88. The molecule has 0 amide bonds. The van der Waals surface area contributed by atoms with Crippen molar-refractivity contribution in [1.82, 2.24) is 14.5 Å². The van der Waals surface area contributed by atoms with Gasteiger partial charge in [0.05, 0.1) is 23.0 Å². The van der Waals surface area contributed by atoms with Crippen LogP contribution in [0.25, 0.3) is 10.2 Å². The number of unbranched alkanes of at least 4 members (excludes halogenated alkanes) is 3. The van der Waals surface area contributed by atoms with Gasteiger partial charge in [0.2, 0.25) is 5.76 Å². The van der Waals surface area contributed by atoms with Crippen molar-refractivity contribution in [3.63, 3.8) is 0 Å². The van der Waals surface area contributed by atoms with Crippen LogP contribution < -0.4 is 4.65 Å². The Hall–Kier alpha value is -2.26. The van der Waals surface area contributed by atoms with E-state index in [0.717, 1.165) is 73.7 Å². The van der Waals surface area contributed by atoms with Gasteiger partial charge in [-0.1, -0.05) is 63.5 Å². The molecule has 1 aliphatic rings. The van der Waals surface area contributed by atoms with E-state index in [4.69, 9.17) is 14.1 Å². The van der Waals surface area contributed by atoms with Gasteiger partial charge in [-0.15, -0.1) is 0 Å². The number of fused-ring (bicyclic) bond motifs is 1. The Morgan fingerprint density at radius 1 is 1.20 bits per heavy atom. The quantitative estimate of drug-likeness (QED) is 0.158. The van der Waals surface area contributed by atoms with E-state index in [1.54, 1.807) is 12.3 Å². The first kappa shape index (κ1) is 25.8. The van der Waals surface area contributed by atoms with Crippen LogP contribution in [0.15, 0.2) is 34.9 Å². The number of esters is 1. The van der Waals surface area contributed by atoms with E-state index < -0.39 is 16.8 Å². The Balaban J connectivity index is 1.60. The van der Waals surface area contributed by atoms with Crippen LogP contribution in [0.3, 0.4) is 0 Å². The standard InChI is InChI=1S/C27H37N3O4S/c1-4-7-11-20-16-22(33-18-20)26(31)34-24-17-29(15-9-6-3)19-30(24,32)27-28-25-21(12-8-5-2)13-10-14-23(25)35-27/h10,13-14,16,18,24H,4-9,11-12,15,17,19H2,1-3H3. The first-order valence-electron chi connectivity index (χ1n) is 13.0. The summed E-state index contributed by atoms with van der Waals surface area (Å²) in [5.74, 6) is -0.431. The second kappa shape index (κ2) is 11.6. The van der Waals surface area contributed by atoms with Gasteiger partial charge in [0.1, 0.15) is 6.67 Å². The zero-order valence-corrected chi connectivity index (χ0v) is 21.9. The van der Waals surface area contributed by atoms with Crippen LogP contribution in [0, 0.1) is 5.21 Å². The molecule has 0 saturated carbocycles. The van der Waals surface area contributed by atoms with Crippen LogP contribution >= 0.6 is 11.3 Å². The highest BCUT2D eigenvalue weighted by Gasteiger charge is 2.46. The summed E-state index contributed by atoms with van der Waals surface area (Å²) >= 11 is 1.41. The topological polar surface area (TPSA) is 78.6 Å². The molecule has 0 bridgehead atoms. The molecule has 0 radical (unpaired) electrons. The number of furan rings is 1. The lowest BCUT2D eigenvalue weighted by Crippen LogP contribution is -2.50. The van der Waals surface area contributed by atoms with E-state index in [0.29, 0.717) is 11.7 Å². The van der Waals surface area contributed by atoms with Crippen molar-refractivity contribution in [2.24, 2.45) is 0 Å². The normalized spacial score (nSPS) is 20.6. The van der Waals surface area contributed by atoms with Crippen LogP contribution in [0.5, 0.6) is 0 Å². The molecule has 2 aromatic heterocycles. The van der Waals surface area contributed by atoms with Crippen molar-refractivity contribution < 1.29 is 13.9 Å². The summed E-state index contributed by atoms with van der Waals surface area (Å²) in [6.45, 7) is 7.83. The highest BCUT2D eigenvalue weighted by atomic mass is 32.1. The van der Waals surface area contributed by atoms with E-state index in [1.165, 1.54) is 16.9 Å². The van der Waals surface area contributed by atoms with Gasteiger partial charge in [-0.3, -0.25) is 4.65 Å². The number of thiazole rings is 1. The molecular formula is C27H37N3O4S. The minimum absolute atomic E-state index is 0.154. The van der Waals surface area contributed by atoms with Gasteiger partial charge in [0, 0.05) is 6.54 Å². The first-order chi connectivity index (χ1) is 17.0. The summed E-state index contributed by atoms with van der Waals surface area (Å²) in [6.07, 6.45) is 8.83. The van der Waals surface area contributed by atoms with Gasteiger partial charge >= 0.3 is 5.97 Å². The number of carbonyl (C=O) groups excluding carboxylic acids is 1. The molecular weight excluding hydrogens is 462 g/mol. The summed E-state index contributed by atoms with van der Waals surface area (Å²) in [5, 5.41) is 14.8. The third-order valence-corrected chi connectivity index (χ3v) is 7.78. The fourth-order valence-electron chi connectivity index (χ4n) is 4.55. The Bertz CT molecular complexity index is 1130. The minimum Gasteiger partial charge on any atom is -0.622 e. The molecule has 1 saturated heterocycles. The molecule has 190 valence electrons. The van der Waals surface area contributed by atoms with Crippen molar-refractivity contribution in [3.05, 3.63) is 52.6 Å². The van der Waals surface area contributed by atoms with E-state index >= 15 is 0 Å². The number of rotatable bonds is 12. The van der Waals surface area contributed by atoms with Crippen LogP contribution in [-0.4, -0.2) is 41.8 Å². The van der Waals surface area contributed by atoms with Crippen molar-refractivity contribution in [3.8, 4) is 0 Å². The van der Waals surface area contributed by atoms with Gasteiger partial charge < -0.3 is 14.4 Å². The first-order valence-corrected chi connectivity index (χ1v) is 13.8. The minimum atomic E-state index is -0.886. The Labute approximate surface area is 211 Å². The molecule has 0 aliphatic carbocycles. The maximum atomic E-state index is 14.4. The maximum Gasteiger partial charge on any atom is 0.378 e. The van der Waals surface area contributed by atoms with Crippen molar-refractivity contribution in [2.75, 3.05) is 19.8 Å². The number of hydroxylamine groups is 2. The lowest BCUT2D eigenvalue weighted by molar-refractivity contribution is 0.00251. The second-order valence-corrected chi connectivity index (χ2v) is 10.5. The van der Waals surface area contributed by atoms with Gasteiger partial charge in [-0.25, -0.2) is 9.69 Å². The number of carbonyl (C=O) groups is 1. The molecule has 35 heavy (non-hydrogen) atoms. The monoisotopic (exact) mass is 499 g/mol. The van der Waals surface area contributed by atoms with Gasteiger partial charge in [-0.2, -0.15) is 4.98 Å². The largest absolute Gasteiger partial charge is 0.622 e.